The van der Waals surface area contributed by atoms with Crippen LogP contribution >= 0.6 is 0 Å². The summed E-state index contributed by atoms with van der Waals surface area (Å²) in [7, 11) is 1.85. The van der Waals surface area contributed by atoms with Crippen LogP contribution in [0.3, 0.4) is 0 Å². The van der Waals surface area contributed by atoms with Crippen molar-refractivity contribution in [1.82, 2.24) is 39.5 Å². The Morgan fingerprint density at radius 3 is 2.41 bits per heavy atom. The van der Waals surface area contributed by atoms with E-state index in [-0.39, 0.29) is 41.8 Å². The Kier molecular flexibility index (Phi) is 10.1. The maximum atomic E-state index is 16.5. The first-order valence-electron chi connectivity index (χ1n) is 20.9. The Hall–Kier alpha value is -5.77. The normalized spacial score (nSPS) is 19.5. The molecule has 1 saturated carbocycles. The van der Waals surface area contributed by atoms with E-state index >= 15 is 4.39 Å². The zero-order valence-corrected chi connectivity index (χ0v) is 33.8. The first-order valence-corrected chi connectivity index (χ1v) is 20.9. The number of benzene rings is 1. The molecule has 7 heterocycles. The summed E-state index contributed by atoms with van der Waals surface area (Å²) in [6.45, 7) is 6.67. The molecule has 0 radical (unpaired) electrons. The number of para-hydroxylation sites is 1. The fourth-order valence-electron chi connectivity index (χ4n) is 9.79. The molecule has 0 spiro atoms. The molecule has 3 amide bonds. The maximum Gasteiger partial charge on any atom is 0.329 e. The first kappa shape index (κ1) is 38.7. The zero-order valence-electron chi connectivity index (χ0n) is 33.8. The lowest BCUT2D eigenvalue weighted by atomic mass is 9.88. The van der Waals surface area contributed by atoms with Crippen molar-refractivity contribution in [3.05, 3.63) is 69.8 Å². The summed E-state index contributed by atoms with van der Waals surface area (Å²) >= 11 is 0. The van der Waals surface area contributed by atoms with E-state index in [0.29, 0.717) is 72.6 Å². The minimum absolute atomic E-state index is 0.00131. The molecule has 2 N–H and O–H groups in total. The molecule has 4 aliphatic rings. The van der Waals surface area contributed by atoms with Gasteiger partial charge in [0.05, 0.1) is 16.8 Å². The van der Waals surface area contributed by atoms with E-state index in [1.54, 1.807) is 22.4 Å². The Labute approximate surface area is 341 Å². The number of hydrogen-bond donors (Lipinski definition) is 2. The minimum atomic E-state index is -1.28. The molecule has 4 aromatic heterocycles. The van der Waals surface area contributed by atoms with E-state index in [1.165, 1.54) is 11.8 Å². The number of piperidine rings is 2. The van der Waals surface area contributed by atoms with Crippen LogP contribution in [0.15, 0.2) is 47.5 Å². The lowest BCUT2D eigenvalue weighted by Gasteiger charge is -2.42. The van der Waals surface area contributed by atoms with Gasteiger partial charge in [0, 0.05) is 81.7 Å². The van der Waals surface area contributed by atoms with Gasteiger partial charge in [0.15, 0.2) is 11.6 Å². The number of hydrogen-bond acceptors (Lipinski definition) is 11. The smallest absolute Gasteiger partial charge is 0.329 e. The number of nitrogens with one attached hydrogen (secondary N) is 2. The third kappa shape index (κ3) is 7.31. The Bertz CT molecular complexity index is 2510. The molecule has 1 aliphatic carbocycles. The average molecular weight is 804 g/mol. The number of carbonyl (C=O) groups is 3. The zero-order chi connectivity index (χ0) is 41.0. The van der Waals surface area contributed by atoms with Crippen molar-refractivity contribution in [2.45, 2.75) is 89.3 Å². The number of halogens is 1. The summed E-state index contributed by atoms with van der Waals surface area (Å²) < 4.78 is 19.9. The Morgan fingerprint density at radius 1 is 0.949 bits per heavy atom. The number of nitrogens with zero attached hydrogens (tertiary/aromatic N) is 9. The van der Waals surface area contributed by atoms with Gasteiger partial charge in [-0.25, -0.2) is 19.2 Å². The van der Waals surface area contributed by atoms with Crippen LogP contribution in [0.2, 0.25) is 0 Å². The fraction of sp³-hybridized carbons (Fsp3) is 0.488. The second kappa shape index (κ2) is 15.4. The molecule has 3 saturated heterocycles. The van der Waals surface area contributed by atoms with E-state index in [0.717, 1.165) is 73.8 Å². The highest BCUT2D eigenvalue weighted by molar-refractivity contribution is 6.10. The number of urea groups is 1. The van der Waals surface area contributed by atoms with Crippen molar-refractivity contribution in [1.29, 1.82) is 0 Å². The van der Waals surface area contributed by atoms with E-state index in [2.05, 4.69) is 36.6 Å². The monoisotopic (exact) mass is 803 g/mol. The molecule has 9 rings (SSSR count). The fourth-order valence-corrected chi connectivity index (χ4v) is 9.79. The molecule has 0 unspecified atom stereocenters. The van der Waals surface area contributed by atoms with Gasteiger partial charge >= 0.3 is 6.03 Å². The number of imide groups is 1. The van der Waals surface area contributed by atoms with Crippen molar-refractivity contribution in [2.75, 3.05) is 54.4 Å². The summed E-state index contributed by atoms with van der Waals surface area (Å²) in [4.78, 5) is 70.4. The summed E-state index contributed by atoms with van der Waals surface area (Å²) in [5.41, 5.74) is 2.77. The highest BCUT2D eigenvalue weighted by Crippen LogP contribution is 2.38. The molecule has 4 fully saturated rings. The van der Waals surface area contributed by atoms with Gasteiger partial charge in [-0.3, -0.25) is 33.8 Å². The van der Waals surface area contributed by atoms with Gasteiger partial charge in [0.1, 0.15) is 17.1 Å². The molecule has 16 heteroatoms. The van der Waals surface area contributed by atoms with Crippen molar-refractivity contribution in [3.8, 4) is 0 Å². The van der Waals surface area contributed by atoms with E-state index in [4.69, 9.17) is 9.97 Å². The summed E-state index contributed by atoms with van der Waals surface area (Å²) in [6.07, 6.45) is 10.3. The van der Waals surface area contributed by atoms with Gasteiger partial charge in [-0.1, -0.05) is 25.0 Å². The molecule has 0 atom stereocenters. The molecule has 1 aromatic carbocycles. The summed E-state index contributed by atoms with van der Waals surface area (Å²) in [5.74, 6) is 1.23. The lowest BCUT2D eigenvalue weighted by molar-refractivity contribution is -0.120. The molecule has 308 valence electrons. The third-order valence-electron chi connectivity index (χ3n) is 13.0. The van der Waals surface area contributed by atoms with Crippen LogP contribution in [0.25, 0.3) is 21.9 Å². The number of ketones is 1. The van der Waals surface area contributed by atoms with Crippen LogP contribution in [0.4, 0.5) is 32.5 Å². The number of anilines is 4. The largest absolute Gasteiger partial charge is 0.370 e. The number of alkyl halides is 1. The van der Waals surface area contributed by atoms with Crippen LogP contribution in [-0.2, 0) is 11.8 Å². The number of carbonyl (C=O) groups excluding carboxylic acids is 3. The number of aryl methyl sites for hydroxylation is 2. The number of aromatic nitrogens is 6. The minimum Gasteiger partial charge on any atom is -0.370 e. The number of Topliss-reactive ketones (excluding diaryl/α,β-unsaturated/α-hetero) is 1. The van der Waals surface area contributed by atoms with Crippen LogP contribution in [-0.4, -0.2) is 96.9 Å². The first-order chi connectivity index (χ1) is 28.5. The van der Waals surface area contributed by atoms with Gasteiger partial charge in [0.25, 0.3) is 5.56 Å². The van der Waals surface area contributed by atoms with E-state index < -0.39 is 11.7 Å². The van der Waals surface area contributed by atoms with E-state index in [9.17, 15) is 19.2 Å². The second-order valence-electron chi connectivity index (χ2n) is 16.8. The molecule has 59 heavy (non-hydrogen) atoms. The number of likely N-dealkylation sites (tertiary alicyclic amines) is 1. The summed E-state index contributed by atoms with van der Waals surface area (Å²) in [6, 6.07) is 9.44. The highest BCUT2D eigenvalue weighted by Gasteiger charge is 2.38. The Morgan fingerprint density at radius 2 is 1.71 bits per heavy atom. The molecule has 5 aromatic rings. The topological polar surface area (TPSA) is 163 Å². The number of fused-ring (bicyclic) bond motifs is 2. The molecular formula is C43H50FN11O4. The molecule has 0 bridgehead atoms. The van der Waals surface area contributed by atoms with Gasteiger partial charge in [0.2, 0.25) is 11.9 Å². The van der Waals surface area contributed by atoms with E-state index in [1.807, 2.05) is 37.5 Å². The van der Waals surface area contributed by atoms with Gasteiger partial charge in [-0.2, -0.15) is 10.1 Å². The van der Waals surface area contributed by atoms with Crippen LogP contribution < -0.4 is 26.0 Å². The third-order valence-corrected chi connectivity index (χ3v) is 13.0. The number of pyridine rings is 2. The van der Waals surface area contributed by atoms with Gasteiger partial charge in [-0.05, 0) is 87.9 Å². The Balaban J connectivity index is 0.810. The standard InChI is InChI=1S/C43H50FN11O4/c1-26-32-24-46-41(49-38(32)55(30-7-4-5-8-30)40(58)36(26)27(2)56)47-34-12-11-29(23-45-34)28-13-18-52(19-14-28)25-43(44)16-21-53(22-17-43)33-10-6-9-31-37(33)51(3)50-39(31)54-20-15-35(57)48-42(54)59/h6,9-12,23-24,28,30H,4-5,7-8,13-22,25H2,1-3H3,(H,48,57,59)(H,45,46,47,49). The SMILES string of the molecule is CC(=O)c1c(C)c2cnc(Nc3ccc(C4CCN(CC5(F)CCN(c6cccc7c(N8CCC(=O)NC8=O)nn(C)c67)CC5)CC4)cn3)nc2n(C2CCCC2)c1=O. The van der Waals surface area contributed by atoms with Crippen LogP contribution in [0.5, 0.6) is 0 Å². The second-order valence-corrected chi connectivity index (χ2v) is 16.8. The summed E-state index contributed by atoms with van der Waals surface area (Å²) in [5, 5.41) is 11.8. The van der Waals surface area contributed by atoms with Crippen LogP contribution in [0, 0.1) is 6.92 Å². The van der Waals surface area contributed by atoms with Crippen molar-refractivity contribution < 1.29 is 18.8 Å². The molecular weight excluding hydrogens is 754 g/mol. The highest BCUT2D eigenvalue weighted by atomic mass is 19.1. The molecule has 3 aliphatic heterocycles. The quantitative estimate of drug-likeness (QED) is 0.166. The van der Waals surface area contributed by atoms with Crippen molar-refractivity contribution in [2.24, 2.45) is 7.05 Å². The lowest BCUT2D eigenvalue weighted by Crippen LogP contribution is -2.50. The maximum absolute atomic E-state index is 16.5. The predicted octanol–water partition coefficient (Wildman–Crippen LogP) is 6.08. The average Bonchev–Trinajstić information content (AvgIpc) is 3.87. The van der Waals surface area contributed by atoms with Crippen LogP contribution in [0.1, 0.15) is 98.2 Å². The van der Waals surface area contributed by atoms with Gasteiger partial charge in [-0.15, -0.1) is 0 Å². The van der Waals surface area contributed by atoms with Crippen molar-refractivity contribution >= 4 is 62.9 Å². The van der Waals surface area contributed by atoms with Gasteiger partial charge < -0.3 is 15.1 Å². The number of rotatable bonds is 9. The number of amides is 3. The molecule has 15 nitrogen and oxygen atoms in total. The van der Waals surface area contributed by atoms with Crippen molar-refractivity contribution in [3.63, 3.8) is 0 Å². The predicted molar refractivity (Wildman–Crippen MR) is 223 cm³/mol.